The topological polar surface area (TPSA) is 148 Å². The Balaban J connectivity index is 3.29. The fourth-order valence-corrected chi connectivity index (χ4v) is 1.81. The molecule has 10 nitrogen and oxygen atoms in total. The molecule has 1 aromatic rings. The zero-order valence-corrected chi connectivity index (χ0v) is 11.7. The average molecular weight is 300 g/mol. The highest BCUT2D eigenvalue weighted by Gasteiger charge is 2.31. The highest BCUT2D eigenvalue weighted by Crippen LogP contribution is 2.31. The molecule has 0 aliphatic carbocycles. The predicted octanol–water partition coefficient (Wildman–Crippen LogP) is 1.02. The van der Waals surface area contributed by atoms with Crippen LogP contribution in [0.25, 0.3) is 0 Å². The molecule has 1 heterocycles. The van der Waals surface area contributed by atoms with E-state index in [9.17, 15) is 19.7 Å². The van der Waals surface area contributed by atoms with Gasteiger partial charge in [-0.1, -0.05) is 0 Å². The summed E-state index contributed by atoms with van der Waals surface area (Å²) in [6, 6.07) is -1.76. The molecule has 0 saturated heterocycles. The smallest absolute Gasteiger partial charge is 0.333 e. The number of nitro groups is 1. The standard InChI is InChI=1S/C11H16N4O6/c1-5(2)14-10(9(15(20)21)6(3)13-14)12-7(11(18)19)4-8(16)17/h5,7,12H,4H2,1-3H3,(H,16,17)(H,18,19). The van der Waals surface area contributed by atoms with Gasteiger partial charge in [0.15, 0.2) is 0 Å². The highest BCUT2D eigenvalue weighted by molar-refractivity contribution is 5.84. The number of nitrogens with one attached hydrogen (secondary N) is 1. The third-order valence-electron chi connectivity index (χ3n) is 2.71. The van der Waals surface area contributed by atoms with Crippen molar-refractivity contribution in [3.63, 3.8) is 0 Å². The second-order valence-electron chi connectivity index (χ2n) is 4.71. The number of nitrogens with zero attached hydrogens (tertiary/aromatic N) is 3. The quantitative estimate of drug-likeness (QED) is 0.499. The van der Waals surface area contributed by atoms with E-state index in [1.807, 2.05) is 0 Å². The van der Waals surface area contributed by atoms with Crippen LogP contribution in [0, 0.1) is 17.0 Å². The van der Waals surface area contributed by atoms with Gasteiger partial charge in [-0.2, -0.15) is 5.10 Å². The number of hydrogen-bond acceptors (Lipinski definition) is 6. The number of anilines is 1. The van der Waals surface area contributed by atoms with E-state index in [0.29, 0.717) is 0 Å². The van der Waals surface area contributed by atoms with E-state index >= 15 is 0 Å². The maximum absolute atomic E-state index is 11.1. The lowest BCUT2D eigenvalue weighted by Gasteiger charge is -2.16. The molecule has 10 heteroatoms. The summed E-state index contributed by atoms with van der Waals surface area (Å²) in [5.41, 5.74) is -0.240. The Labute approximate surface area is 119 Å². The van der Waals surface area contributed by atoms with E-state index in [1.54, 1.807) is 13.8 Å². The zero-order chi connectivity index (χ0) is 16.3. The third-order valence-corrected chi connectivity index (χ3v) is 2.71. The van der Waals surface area contributed by atoms with Crippen LogP contribution in [0.4, 0.5) is 11.5 Å². The molecule has 0 saturated carbocycles. The van der Waals surface area contributed by atoms with Gasteiger partial charge in [0.2, 0.25) is 5.82 Å². The second-order valence-corrected chi connectivity index (χ2v) is 4.71. The first-order valence-corrected chi connectivity index (χ1v) is 6.09. The SMILES string of the molecule is Cc1nn(C(C)C)c(NC(CC(=O)O)C(=O)O)c1[N+](=O)[O-]. The van der Waals surface area contributed by atoms with Crippen LogP contribution in [0.1, 0.15) is 32.0 Å². The molecular weight excluding hydrogens is 284 g/mol. The van der Waals surface area contributed by atoms with Gasteiger partial charge in [-0.05, 0) is 20.8 Å². The lowest BCUT2D eigenvalue weighted by atomic mass is 10.2. The number of carbonyl (C=O) groups is 2. The number of carboxylic acid groups (broad SMARTS) is 2. The average Bonchev–Trinajstić information content (AvgIpc) is 2.64. The van der Waals surface area contributed by atoms with Crippen molar-refractivity contribution in [2.24, 2.45) is 0 Å². The van der Waals surface area contributed by atoms with Gasteiger partial charge in [0.1, 0.15) is 11.7 Å². The number of aliphatic carboxylic acids is 2. The summed E-state index contributed by atoms with van der Waals surface area (Å²) in [6.45, 7) is 4.86. The molecule has 0 spiro atoms. The van der Waals surface area contributed by atoms with E-state index in [4.69, 9.17) is 10.2 Å². The molecule has 3 N–H and O–H groups in total. The Morgan fingerprint density at radius 1 is 1.43 bits per heavy atom. The summed E-state index contributed by atoms with van der Waals surface area (Å²) in [6.07, 6.45) is -0.713. The summed E-state index contributed by atoms with van der Waals surface area (Å²) in [7, 11) is 0. The Kier molecular flexibility index (Phi) is 4.84. The van der Waals surface area contributed by atoms with E-state index in [1.165, 1.54) is 11.6 Å². The molecule has 0 amide bonds. The van der Waals surface area contributed by atoms with Crippen LogP contribution in [0.5, 0.6) is 0 Å². The van der Waals surface area contributed by atoms with E-state index in [2.05, 4.69) is 10.4 Å². The zero-order valence-electron chi connectivity index (χ0n) is 11.7. The molecular formula is C11H16N4O6. The fraction of sp³-hybridized carbons (Fsp3) is 0.545. The maximum atomic E-state index is 11.1. The van der Waals surface area contributed by atoms with Crippen molar-refractivity contribution >= 4 is 23.4 Å². The maximum Gasteiger partial charge on any atom is 0.333 e. The van der Waals surface area contributed by atoms with Crippen LogP contribution in [0.15, 0.2) is 0 Å². The van der Waals surface area contributed by atoms with Crippen molar-refractivity contribution in [1.29, 1.82) is 0 Å². The minimum Gasteiger partial charge on any atom is -0.481 e. The Hall–Kier alpha value is -2.65. The molecule has 1 rings (SSSR count). The monoisotopic (exact) mass is 300 g/mol. The predicted molar refractivity (Wildman–Crippen MR) is 71.3 cm³/mol. The number of rotatable bonds is 7. The van der Waals surface area contributed by atoms with Crippen molar-refractivity contribution in [2.45, 2.75) is 39.3 Å². The number of carboxylic acids is 2. The molecule has 116 valence electrons. The lowest BCUT2D eigenvalue weighted by Crippen LogP contribution is -2.33. The van der Waals surface area contributed by atoms with Crippen molar-refractivity contribution in [3.8, 4) is 0 Å². The molecule has 0 aliphatic rings. The third kappa shape index (κ3) is 3.68. The minimum atomic E-state index is -1.49. The number of aromatic nitrogens is 2. The van der Waals surface area contributed by atoms with Crippen LogP contribution in [0.2, 0.25) is 0 Å². The lowest BCUT2D eigenvalue weighted by molar-refractivity contribution is -0.384. The van der Waals surface area contributed by atoms with E-state index < -0.39 is 29.3 Å². The summed E-state index contributed by atoms with van der Waals surface area (Å²) in [5, 5.41) is 35.2. The van der Waals surface area contributed by atoms with Gasteiger partial charge in [-0.15, -0.1) is 0 Å². The van der Waals surface area contributed by atoms with E-state index in [-0.39, 0.29) is 23.2 Å². The fourth-order valence-electron chi connectivity index (χ4n) is 1.81. The Morgan fingerprint density at radius 3 is 2.38 bits per heavy atom. The molecule has 0 bridgehead atoms. The Bertz CT molecular complexity index is 580. The highest BCUT2D eigenvalue weighted by atomic mass is 16.6. The van der Waals surface area contributed by atoms with Gasteiger partial charge >= 0.3 is 17.6 Å². The number of aryl methyl sites for hydroxylation is 1. The molecule has 1 aromatic heterocycles. The molecule has 0 fully saturated rings. The first kappa shape index (κ1) is 16.4. The van der Waals surface area contributed by atoms with Crippen molar-refractivity contribution in [1.82, 2.24) is 9.78 Å². The van der Waals surface area contributed by atoms with Crippen LogP contribution < -0.4 is 5.32 Å². The first-order chi connectivity index (χ1) is 9.65. The largest absolute Gasteiger partial charge is 0.481 e. The molecule has 1 unspecified atom stereocenters. The number of hydrogen-bond donors (Lipinski definition) is 3. The summed E-state index contributed by atoms with van der Waals surface area (Å²) in [4.78, 5) is 32.2. The summed E-state index contributed by atoms with van der Waals surface area (Å²) >= 11 is 0. The molecule has 1 atom stereocenters. The summed E-state index contributed by atoms with van der Waals surface area (Å²) < 4.78 is 1.27. The van der Waals surface area contributed by atoms with E-state index in [0.717, 1.165) is 0 Å². The van der Waals surface area contributed by atoms with Gasteiger partial charge in [-0.3, -0.25) is 14.9 Å². The van der Waals surface area contributed by atoms with Crippen LogP contribution in [-0.4, -0.2) is 42.9 Å². The van der Waals surface area contributed by atoms with Crippen molar-refractivity contribution < 1.29 is 24.7 Å². The van der Waals surface area contributed by atoms with Crippen molar-refractivity contribution in [2.75, 3.05) is 5.32 Å². The van der Waals surface area contributed by atoms with Gasteiger partial charge < -0.3 is 15.5 Å². The van der Waals surface area contributed by atoms with Crippen LogP contribution in [-0.2, 0) is 9.59 Å². The van der Waals surface area contributed by atoms with Crippen molar-refractivity contribution in [3.05, 3.63) is 15.8 Å². The van der Waals surface area contributed by atoms with Crippen LogP contribution in [0.3, 0.4) is 0 Å². The second kappa shape index (κ2) is 6.20. The van der Waals surface area contributed by atoms with Crippen LogP contribution >= 0.6 is 0 Å². The normalized spacial score (nSPS) is 12.2. The molecule has 0 radical (unpaired) electrons. The van der Waals surface area contributed by atoms with Gasteiger partial charge in [0.25, 0.3) is 0 Å². The van der Waals surface area contributed by atoms with Gasteiger partial charge in [0, 0.05) is 6.04 Å². The van der Waals surface area contributed by atoms with Gasteiger partial charge in [-0.25, -0.2) is 9.48 Å². The molecule has 0 aliphatic heterocycles. The van der Waals surface area contributed by atoms with Gasteiger partial charge in [0.05, 0.1) is 11.3 Å². The minimum absolute atomic E-state index is 0.110. The molecule has 21 heavy (non-hydrogen) atoms. The molecule has 0 aromatic carbocycles. The Morgan fingerprint density at radius 2 is 2.00 bits per heavy atom. The summed E-state index contributed by atoms with van der Waals surface area (Å²) in [5.74, 6) is -2.85. The first-order valence-electron chi connectivity index (χ1n) is 6.09.